The summed E-state index contributed by atoms with van der Waals surface area (Å²) in [7, 11) is 0. The summed E-state index contributed by atoms with van der Waals surface area (Å²) in [6.07, 6.45) is 4.38. The lowest BCUT2D eigenvalue weighted by atomic mass is 9.68. The Morgan fingerprint density at radius 2 is 1.73 bits per heavy atom. The highest BCUT2D eigenvalue weighted by Crippen LogP contribution is 2.47. The average molecular weight is 287 g/mol. The Morgan fingerprint density at radius 3 is 2.55 bits per heavy atom. The second-order valence-electron chi connectivity index (χ2n) is 5.96. The van der Waals surface area contributed by atoms with Gasteiger partial charge in [-0.25, -0.2) is 9.98 Å². The SMILES string of the molecule is C[C@]12C=Cc3ccccc3C1N=C(N)N=C2c1ccccc1. The van der Waals surface area contributed by atoms with Gasteiger partial charge in [-0.1, -0.05) is 66.7 Å². The first kappa shape index (κ1) is 13.0. The molecular formula is C19H17N3. The van der Waals surface area contributed by atoms with E-state index in [4.69, 9.17) is 5.73 Å². The van der Waals surface area contributed by atoms with Crippen LogP contribution in [0.4, 0.5) is 0 Å². The van der Waals surface area contributed by atoms with Crippen LogP contribution >= 0.6 is 0 Å². The molecule has 0 saturated heterocycles. The predicted molar refractivity (Wildman–Crippen MR) is 90.9 cm³/mol. The molecule has 0 amide bonds. The van der Waals surface area contributed by atoms with Crippen molar-refractivity contribution in [2.45, 2.75) is 13.0 Å². The van der Waals surface area contributed by atoms with Gasteiger partial charge >= 0.3 is 0 Å². The van der Waals surface area contributed by atoms with Gasteiger partial charge in [0, 0.05) is 0 Å². The van der Waals surface area contributed by atoms with Crippen LogP contribution in [0.5, 0.6) is 0 Å². The summed E-state index contributed by atoms with van der Waals surface area (Å²) in [5.41, 5.74) is 10.2. The molecule has 0 fully saturated rings. The highest BCUT2D eigenvalue weighted by molar-refractivity contribution is 6.13. The lowest BCUT2D eigenvalue weighted by molar-refractivity contribution is 0.461. The van der Waals surface area contributed by atoms with Crippen LogP contribution in [0, 0.1) is 5.41 Å². The zero-order valence-corrected chi connectivity index (χ0v) is 12.4. The molecule has 2 aliphatic rings. The molecule has 1 aliphatic carbocycles. The summed E-state index contributed by atoms with van der Waals surface area (Å²) in [4.78, 5) is 9.22. The zero-order chi connectivity index (χ0) is 15.2. The van der Waals surface area contributed by atoms with Crippen molar-refractivity contribution >= 4 is 17.7 Å². The van der Waals surface area contributed by atoms with Gasteiger partial charge in [0.05, 0.1) is 17.2 Å². The van der Waals surface area contributed by atoms with Crippen LogP contribution in [-0.4, -0.2) is 11.7 Å². The van der Waals surface area contributed by atoms with Crippen molar-refractivity contribution < 1.29 is 0 Å². The predicted octanol–water partition coefficient (Wildman–Crippen LogP) is 3.58. The van der Waals surface area contributed by atoms with Crippen molar-refractivity contribution in [2.24, 2.45) is 21.1 Å². The number of guanidine groups is 1. The highest BCUT2D eigenvalue weighted by Gasteiger charge is 2.43. The van der Waals surface area contributed by atoms with E-state index in [9.17, 15) is 0 Å². The number of hydrogen-bond donors (Lipinski definition) is 1. The van der Waals surface area contributed by atoms with E-state index >= 15 is 0 Å². The Hall–Kier alpha value is -2.68. The van der Waals surface area contributed by atoms with E-state index in [1.807, 2.05) is 24.3 Å². The number of rotatable bonds is 1. The molecule has 0 bridgehead atoms. The van der Waals surface area contributed by atoms with Crippen molar-refractivity contribution in [3.05, 3.63) is 77.4 Å². The smallest absolute Gasteiger partial charge is 0.216 e. The summed E-state index contributed by atoms with van der Waals surface area (Å²) >= 11 is 0. The van der Waals surface area contributed by atoms with Crippen molar-refractivity contribution in [3.63, 3.8) is 0 Å². The van der Waals surface area contributed by atoms with Gasteiger partial charge in [-0.15, -0.1) is 0 Å². The maximum atomic E-state index is 6.02. The number of aliphatic imine (C=N–C) groups is 2. The summed E-state index contributed by atoms with van der Waals surface area (Å²) in [5.74, 6) is 0.353. The van der Waals surface area contributed by atoms with E-state index in [1.54, 1.807) is 0 Å². The Balaban J connectivity index is 1.92. The molecule has 1 aliphatic heterocycles. The van der Waals surface area contributed by atoms with Crippen LogP contribution in [0.25, 0.3) is 6.08 Å². The second kappa shape index (κ2) is 4.67. The van der Waals surface area contributed by atoms with Crippen LogP contribution in [0.3, 0.4) is 0 Å². The molecule has 2 aromatic rings. The molecule has 4 rings (SSSR count). The van der Waals surface area contributed by atoms with Gasteiger partial charge in [0.2, 0.25) is 5.96 Å². The summed E-state index contributed by atoms with van der Waals surface area (Å²) < 4.78 is 0. The fourth-order valence-electron chi connectivity index (χ4n) is 3.37. The standard InChI is InChI=1S/C19H17N3/c1-19-12-11-13-7-5-6-10-15(13)17(19)22-18(20)21-16(19)14-8-3-2-4-9-14/h2-12,17H,1H3,(H2,20,22)/t17?,19-/m1/s1. The quantitative estimate of drug-likeness (QED) is 0.856. The maximum Gasteiger partial charge on any atom is 0.216 e. The monoisotopic (exact) mass is 287 g/mol. The molecule has 0 spiro atoms. The second-order valence-corrected chi connectivity index (χ2v) is 5.96. The largest absolute Gasteiger partial charge is 0.368 e. The van der Waals surface area contributed by atoms with Crippen molar-refractivity contribution in [2.75, 3.05) is 0 Å². The van der Waals surface area contributed by atoms with Crippen molar-refractivity contribution in [1.29, 1.82) is 0 Å². The van der Waals surface area contributed by atoms with Gasteiger partial charge in [-0.3, -0.25) is 0 Å². The molecule has 0 aromatic heterocycles. The minimum absolute atomic E-state index is 0.0265. The fourth-order valence-corrected chi connectivity index (χ4v) is 3.37. The average Bonchev–Trinajstić information content (AvgIpc) is 2.56. The molecule has 0 radical (unpaired) electrons. The molecule has 2 N–H and O–H groups in total. The lowest BCUT2D eigenvalue weighted by Gasteiger charge is -2.40. The van der Waals surface area contributed by atoms with E-state index in [0.29, 0.717) is 5.96 Å². The third-order valence-corrected chi connectivity index (χ3v) is 4.51. The molecule has 2 aromatic carbocycles. The van der Waals surface area contributed by atoms with E-state index in [-0.39, 0.29) is 11.5 Å². The van der Waals surface area contributed by atoms with Crippen LogP contribution in [-0.2, 0) is 0 Å². The normalized spacial score (nSPS) is 25.8. The molecule has 1 heterocycles. The number of nitrogens with two attached hydrogens (primary N) is 1. The number of fused-ring (bicyclic) bond motifs is 3. The van der Waals surface area contributed by atoms with Gasteiger partial charge in [0.25, 0.3) is 0 Å². The molecule has 2 atom stereocenters. The first-order valence-electron chi connectivity index (χ1n) is 7.44. The fraction of sp³-hybridized carbons (Fsp3) is 0.158. The molecule has 0 saturated carbocycles. The van der Waals surface area contributed by atoms with E-state index < -0.39 is 0 Å². The molecule has 3 heteroatoms. The first-order valence-corrected chi connectivity index (χ1v) is 7.44. The van der Waals surface area contributed by atoms with Crippen molar-refractivity contribution in [1.82, 2.24) is 0 Å². The maximum absolute atomic E-state index is 6.02. The van der Waals surface area contributed by atoms with Gasteiger partial charge in [-0.2, -0.15) is 0 Å². The zero-order valence-electron chi connectivity index (χ0n) is 12.4. The number of nitrogens with zero attached hydrogens (tertiary/aromatic N) is 2. The summed E-state index contributed by atoms with van der Waals surface area (Å²) in [5, 5.41) is 0. The molecule has 3 nitrogen and oxygen atoms in total. The van der Waals surface area contributed by atoms with E-state index in [0.717, 1.165) is 11.3 Å². The van der Waals surface area contributed by atoms with Gasteiger partial charge in [0.15, 0.2) is 0 Å². The summed E-state index contributed by atoms with van der Waals surface area (Å²) in [6.45, 7) is 2.19. The Bertz CT molecular complexity index is 818. The van der Waals surface area contributed by atoms with Crippen molar-refractivity contribution in [3.8, 4) is 0 Å². The minimum atomic E-state index is -0.279. The Kier molecular flexibility index (Phi) is 2.76. The molecule has 22 heavy (non-hydrogen) atoms. The topological polar surface area (TPSA) is 50.7 Å². The molecular weight excluding hydrogens is 270 g/mol. The van der Waals surface area contributed by atoms with Gasteiger partial charge in [0.1, 0.15) is 0 Å². The Labute approximate surface area is 129 Å². The van der Waals surface area contributed by atoms with Gasteiger partial charge in [-0.05, 0) is 23.6 Å². The van der Waals surface area contributed by atoms with Gasteiger partial charge < -0.3 is 5.73 Å². The van der Waals surface area contributed by atoms with Crippen LogP contribution in [0.15, 0.2) is 70.7 Å². The van der Waals surface area contributed by atoms with E-state index in [2.05, 4.69) is 59.4 Å². The third kappa shape index (κ3) is 1.82. The molecule has 1 unspecified atom stereocenters. The number of hydrogen-bond acceptors (Lipinski definition) is 3. The van der Waals surface area contributed by atoms with E-state index in [1.165, 1.54) is 11.1 Å². The molecule has 108 valence electrons. The van der Waals surface area contributed by atoms with Crippen LogP contribution in [0.1, 0.15) is 29.7 Å². The van der Waals surface area contributed by atoms with Crippen LogP contribution < -0.4 is 5.73 Å². The Morgan fingerprint density at radius 1 is 1.00 bits per heavy atom. The highest BCUT2D eigenvalue weighted by atomic mass is 15.1. The lowest BCUT2D eigenvalue weighted by Crippen LogP contribution is -2.39. The first-order chi connectivity index (χ1) is 10.7. The summed E-state index contributed by atoms with van der Waals surface area (Å²) in [6, 6.07) is 18.5. The minimum Gasteiger partial charge on any atom is -0.368 e. The third-order valence-electron chi connectivity index (χ3n) is 4.51. The van der Waals surface area contributed by atoms with Crippen LogP contribution in [0.2, 0.25) is 0 Å². The number of benzene rings is 2.